The summed E-state index contributed by atoms with van der Waals surface area (Å²) in [6, 6.07) is 2.86. The van der Waals surface area contributed by atoms with Crippen molar-refractivity contribution in [3.63, 3.8) is 0 Å². The maximum atomic E-state index is 5.02. The number of fused-ring (bicyclic) bond motifs is 1. The van der Waals surface area contributed by atoms with Crippen LogP contribution in [0, 0.1) is 0 Å². The monoisotopic (exact) mass is 404 g/mol. The summed E-state index contributed by atoms with van der Waals surface area (Å²) >= 11 is 0. The number of aromatic nitrogens is 7. The van der Waals surface area contributed by atoms with E-state index in [4.69, 9.17) is 4.98 Å². The molecular weight excluding hydrogens is 376 g/mol. The second-order valence-electron chi connectivity index (χ2n) is 8.01. The van der Waals surface area contributed by atoms with E-state index in [1.807, 2.05) is 35.4 Å². The van der Waals surface area contributed by atoms with Crippen LogP contribution < -0.4 is 5.32 Å². The Hall–Kier alpha value is -3.00. The van der Waals surface area contributed by atoms with Gasteiger partial charge in [-0.1, -0.05) is 13.8 Å². The topological polar surface area (TPSA) is 77.9 Å². The molecule has 1 saturated heterocycles. The molecule has 1 fully saturated rings. The highest BCUT2D eigenvalue weighted by Gasteiger charge is 2.18. The highest BCUT2D eigenvalue weighted by Crippen LogP contribution is 2.28. The zero-order chi connectivity index (χ0) is 20.5. The molecular formula is C22H28N8. The first-order valence-corrected chi connectivity index (χ1v) is 10.9. The first kappa shape index (κ1) is 19.0. The predicted octanol–water partition coefficient (Wildman–Crippen LogP) is 3.74. The van der Waals surface area contributed by atoms with Gasteiger partial charge in [0.1, 0.15) is 0 Å². The van der Waals surface area contributed by atoms with Gasteiger partial charge in [-0.05, 0) is 44.8 Å². The fourth-order valence-corrected chi connectivity index (χ4v) is 4.34. The van der Waals surface area contributed by atoms with Crippen molar-refractivity contribution in [1.82, 2.24) is 39.5 Å². The minimum Gasteiger partial charge on any atom is -0.317 e. The Kier molecular flexibility index (Phi) is 5.08. The highest BCUT2D eigenvalue weighted by molar-refractivity contribution is 5.78. The number of hydrogen-bond donors (Lipinski definition) is 1. The molecule has 8 heteroatoms. The summed E-state index contributed by atoms with van der Waals surface area (Å²) in [6.07, 6.45) is 16.2. The SMILES string of the molecule is CCC(CC)n1cc(-c2nc(-c3cnn(C4CCNCC4)c3)cn3nccc23)cn1. The Balaban J connectivity index is 1.53. The van der Waals surface area contributed by atoms with Crippen LogP contribution in [-0.2, 0) is 0 Å². The summed E-state index contributed by atoms with van der Waals surface area (Å²) in [6.45, 7) is 6.48. The summed E-state index contributed by atoms with van der Waals surface area (Å²) in [5.41, 5.74) is 4.78. The van der Waals surface area contributed by atoms with Gasteiger partial charge in [-0.15, -0.1) is 0 Å². The molecule has 0 atom stereocenters. The number of nitrogens with one attached hydrogen (secondary N) is 1. The standard InChI is InChI=1S/C22H28N8/c1-3-18(4-2)28-14-17(12-26-28)22-21-7-10-24-30(21)15-20(27-22)16-11-25-29(13-16)19-5-8-23-9-6-19/h7,10-15,18-19,23H,3-6,8-9H2,1-2H3. The fraction of sp³-hybridized carbons (Fsp3) is 0.455. The average molecular weight is 405 g/mol. The Labute approximate surface area is 175 Å². The van der Waals surface area contributed by atoms with Crippen LogP contribution in [0.25, 0.3) is 28.0 Å². The molecule has 1 aliphatic heterocycles. The fourth-order valence-electron chi connectivity index (χ4n) is 4.34. The van der Waals surface area contributed by atoms with Gasteiger partial charge in [0.25, 0.3) is 0 Å². The summed E-state index contributed by atoms with van der Waals surface area (Å²) in [7, 11) is 0. The Morgan fingerprint density at radius 2 is 1.80 bits per heavy atom. The molecule has 0 unspecified atom stereocenters. The lowest BCUT2D eigenvalue weighted by Gasteiger charge is -2.22. The average Bonchev–Trinajstić information content (AvgIpc) is 3.54. The molecule has 5 rings (SSSR count). The van der Waals surface area contributed by atoms with Gasteiger partial charge in [-0.2, -0.15) is 15.3 Å². The third kappa shape index (κ3) is 3.41. The zero-order valence-electron chi connectivity index (χ0n) is 17.6. The maximum absolute atomic E-state index is 5.02. The van der Waals surface area contributed by atoms with Crippen molar-refractivity contribution in [2.24, 2.45) is 0 Å². The van der Waals surface area contributed by atoms with Crippen LogP contribution in [0.4, 0.5) is 0 Å². The maximum Gasteiger partial charge on any atom is 0.0999 e. The number of hydrogen-bond acceptors (Lipinski definition) is 5. The van der Waals surface area contributed by atoms with Gasteiger partial charge in [0.2, 0.25) is 0 Å². The molecule has 0 saturated carbocycles. The van der Waals surface area contributed by atoms with Gasteiger partial charge in [-0.25, -0.2) is 9.50 Å². The van der Waals surface area contributed by atoms with Crippen molar-refractivity contribution in [3.8, 4) is 22.5 Å². The van der Waals surface area contributed by atoms with Gasteiger partial charge in [0.05, 0.1) is 53.8 Å². The van der Waals surface area contributed by atoms with E-state index in [-0.39, 0.29) is 0 Å². The largest absolute Gasteiger partial charge is 0.317 e. The number of piperidine rings is 1. The van der Waals surface area contributed by atoms with Crippen LogP contribution in [0.2, 0.25) is 0 Å². The van der Waals surface area contributed by atoms with E-state index in [0.29, 0.717) is 12.1 Å². The summed E-state index contributed by atoms with van der Waals surface area (Å²) < 4.78 is 6.05. The van der Waals surface area contributed by atoms with Crippen LogP contribution in [0.3, 0.4) is 0 Å². The molecule has 0 aliphatic carbocycles. The minimum atomic E-state index is 0.408. The third-order valence-corrected chi connectivity index (χ3v) is 6.16. The molecule has 8 nitrogen and oxygen atoms in total. The van der Waals surface area contributed by atoms with Crippen molar-refractivity contribution in [2.75, 3.05) is 13.1 Å². The molecule has 156 valence electrons. The van der Waals surface area contributed by atoms with Crippen LogP contribution in [0.15, 0.2) is 43.2 Å². The van der Waals surface area contributed by atoms with Crippen molar-refractivity contribution >= 4 is 5.52 Å². The lowest BCUT2D eigenvalue weighted by molar-refractivity contribution is 0.343. The van der Waals surface area contributed by atoms with Crippen molar-refractivity contribution in [2.45, 2.75) is 51.6 Å². The van der Waals surface area contributed by atoms with E-state index in [1.165, 1.54) is 0 Å². The first-order chi connectivity index (χ1) is 14.8. The minimum absolute atomic E-state index is 0.408. The zero-order valence-corrected chi connectivity index (χ0v) is 17.6. The highest BCUT2D eigenvalue weighted by atomic mass is 15.3. The smallest absolute Gasteiger partial charge is 0.0999 e. The molecule has 30 heavy (non-hydrogen) atoms. The molecule has 0 aromatic carbocycles. The quantitative estimate of drug-likeness (QED) is 0.530. The van der Waals surface area contributed by atoms with Gasteiger partial charge < -0.3 is 5.32 Å². The van der Waals surface area contributed by atoms with Gasteiger partial charge in [0.15, 0.2) is 0 Å². The van der Waals surface area contributed by atoms with Crippen LogP contribution in [0.1, 0.15) is 51.6 Å². The van der Waals surface area contributed by atoms with E-state index < -0.39 is 0 Å². The summed E-state index contributed by atoms with van der Waals surface area (Å²) in [4.78, 5) is 5.02. The molecule has 0 amide bonds. The van der Waals surface area contributed by atoms with E-state index in [9.17, 15) is 0 Å². The van der Waals surface area contributed by atoms with E-state index >= 15 is 0 Å². The summed E-state index contributed by atoms with van der Waals surface area (Å²) in [5.74, 6) is 0. The Bertz CT molecular complexity index is 1130. The normalized spacial score (nSPS) is 15.4. The Morgan fingerprint density at radius 1 is 1.00 bits per heavy atom. The molecule has 0 radical (unpaired) electrons. The molecule has 5 heterocycles. The van der Waals surface area contributed by atoms with Gasteiger partial charge >= 0.3 is 0 Å². The molecule has 0 spiro atoms. The van der Waals surface area contributed by atoms with Crippen molar-refractivity contribution in [3.05, 3.63) is 43.2 Å². The Morgan fingerprint density at radius 3 is 2.60 bits per heavy atom. The summed E-state index contributed by atoms with van der Waals surface area (Å²) in [5, 5.41) is 17.1. The first-order valence-electron chi connectivity index (χ1n) is 10.9. The predicted molar refractivity (Wildman–Crippen MR) is 116 cm³/mol. The van der Waals surface area contributed by atoms with Crippen LogP contribution in [-0.4, -0.2) is 47.2 Å². The molecule has 4 aromatic heterocycles. The van der Waals surface area contributed by atoms with Crippen molar-refractivity contribution in [1.29, 1.82) is 0 Å². The van der Waals surface area contributed by atoms with Gasteiger partial charge in [-0.3, -0.25) is 9.36 Å². The number of rotatable bonds is 6. The number of nitrogens with zero attached hydrogens (tertiary/aromatic N) is 7. The second-order valence-corrected chi connectivity index (χ2v) is 8.01. The molecule has 1 N–H and O–H groups in total. The second kappa shape index (κ2) is 8.02. The van der Waals surface area contributed by atoms with E-state index in [0.717, 1.165) is 66.8 Å². The molecule has 4 aromatic rings. The lowest BCUT2D eigenvalue weighted by atomic mass is 10.1. The molecule has 0 bridgehead atoms. The van der Waals surface area contributed by atoms with Crippen molar-refractivity contribution < 1.29 is 0 Å². The molecule has 1 aliphatic rings. The van der Waals surface area contributed by atoms with E-state index in [1.54, 1.807) is 0 Å². The van der Waals surface area contributed by atoms with Crippen LogP contribution in [0.5, 0.6) is 0 Å². The lowest BCUT2D eigenvalue weighted by Crippen LogP contribution is -2.29. The van der Waals surface area contributed by atoms with Gasteiger partial charge in [0, 0.05) is 23.5 Å². The van der Waals surface area contributed by atoms with Crippen LogP contribution >= 0.6 is 0 Å². The third-order valence-electron chi connectivity index (χ3n) is 6.16. The van der Waals surface area contributed by atoms with E-state index in [2.05, 4.69) is 56.2 Å².